The van der Waals surface area contributed by atoms with Crippen LogP contribution in [0.15, 0.2) is 24.3 Å². The SMILES string of the molecule is CCC(C)c1ccccc1N1CC(C(=O)NCCC(=O)N2CCCC2)CC1=O. The van der Waals surface area contributed by atoms with Crippen molar-refractivity contribution in [3.8, 4) is 0 Å². The van der Waals surface area contributed by atoms with Crippen LogP contribution < -0.4 is 10.2 Å². The summed E-state index contributed by atoms with van der Waals surface area (Å²) in [5, 5.41) is 2.85. The summed E-state index contributed by atoms with van der Waals surface area (Å²) in [6.45, 7) is 6.68. The molecular weight excluding hydrogens is 354 g/mol. The molecule has 2 atom stereocenters. The monoisotopic (exact) mass is 385 g/mol. The summed E-state index contributed by atoms with van der Waals surface area (Å²) in [4.78, 5) is 40.8. The lowest BCUT2D eigenvalue weighted by Crippen LogP contribution is -2.36. The van der Waals surface area contributed by atoms with Gasteiger partial charge in [0.1, 0.15) is 0 Å². The lowest BCUT2D eigenvalue weighted by molar-refractivity contribution is -0.130. The van der Waals surface area contributed by atoms with E-state index in [1.165, 1.54) is 0 Å². The maximum atomic E-state index is 12.6. The van der Waals surface area contributed by atoms with Crippen molar-refractivity contribution in [1.82, 2.24) is 10.2 Å². The van der Waals surface area contributed by atoms with Gasteiger partial charge < -0.3 is 15.1 Å². The van der Waals surface area contributed by atoms with Gasteiger partial charge in [0.15, 0.2) is 0 Å². The van der Waals surface area contributed by atoms with Crippen LogP contribution >= 0.6 is 0 Å². The summed E-state index contributed by atoms with van der Waals surface area (Å²) in [5.74, 6) is -0.0487. The van der Waals surface area contributed by atoms with Crippen LogP contribution in [0.3, 0.4) is 0 Å². The van der Waals surface area contributed by atoms with E-state index in [1.807, 2.05) is 23.1 Å². The summed E-state index contributed by atoms with van der Waals surface area (Å²) in [5.41, 5.74) is 2.07. The van der Waals surface area contributed by atoms with E-state index in [0.29, 0.717) is 25.4 Å². The van der Waals surface area contributed by atoms with Crippen molar-refractivity contribution in [3.05, 3.63) is 29.8 Å². The Morgan fingerprint density at radius 3 is 2.64 bits per heavy atom. The first-order valence-electron chi connectivity index (χ1n) is 10.5. The molecule has 1 N–H and O–H groups in total. The fraction of sp³-hybridized carbons (Fsp3) is 0.591. The first kappa shape index (κ1) is 20.4. The van der Waals surface area contributed by atoms with Crippen LogP contribution in [0.1, 0.15) is 57.4 Å². The van der Waals surface area contributed by atoms with E-state index in [1.54, 1.807) is 4.90 Å². The number of amides is 3. The Kier molecular flexibility index (Phi) is 6.70. The number of nitrogens with zero attached hydrogens (tertiary/aromatic N) is 2. The molecular formula is C22H31N3O3. The third-order valence-electron chi connectivity index (χ3n) is 5.96. The Bertz CT molecular complexity index is 727. The van der Waals surface area contributed by atoms with Crippen LogP contribution in [0.25, 0.3) is 0 Å². The smallest absolute Gasteiger partial charge is 0.227 e. The van der Waals surface area contributed by atoms with Crippen LogP contribution in [0.4, 0.5) is 5.69 Å². The lowest BCUT2D eigenvalue weighted by atomic mass is 9.96. The molecule has 2 unspecified atom stereocenters. The molecule has 0 bridgehead atoms. The number of rotatable bonds is 7. The van der Waals surface area contributed by atoms with Crippen LogP contribution in [-0.2, 0) is 14.4 Å². The fourth-order valence-corrected chi connectivity index (χ4v) is 4.05. The standard InChI is InChI=1S/C22H31N3O3/c1-3-16(2)18-8-4-5-9-19(18)25-15-17(14-21(25)27)22(28)23-11-10-20(26)24-12-6-7-13-24/h4-5,8-9,16-17H,3,6-7,10-15H2,1-2H3,(H,23,28). The summed E-state index contributed by atoms with van der Waals surface area (Å²) >= 11 is 0. The third kappa shape index (κ3) is 4.54. The van der Waals surface area contributed by atoms with Gasteiger partial charge in [0, 0.05) is 44.7 Å². The molecule has 1 aromatic rings. The molecule has 6 heteroatoms. The zero-order chi connectivity index (χ0) is 20.1. The van der Waals surface area contributed by atoms with Crippen LogP contribution in [0, 0.1) is 5.92 Å². The molecule has 0 radical (unpaired) electrons. The Morgan fingerprint density at radius 1 is 1.21 bits per heavy atom. The Labute approximate surface area is 167 Å². The molecule has 3 rings (SSSR count). The average molecular weight is 386 g/mol. The Hall–Kier alpha value is -2.37. The first-order valence-corrected chi connectivity index (χ1v) is 10.5. The topological polar surface area (TPSA) is 69.7 Å². The lowest BCUT2D eigenvalue weighted by Gasteiger charge is -2.23. The molecule has 0 saturated carbocycles. The molecule has 2 fully saturated rings. The molecule has 2 aliphatic heterocycles. The second kappa shape index (κ2) is 9.22. The van der Waals surface area contributed by atoms with Crippen molar-refractivity contribution in [1.29, 1.82) is 0 Å². The third-order valence-corrected chi connectivity index (χ3v) is 5.96. The number of benzene rings is 1. The van der Waals surface area contributed by atoms with Gasteiger partial charge in [-0.15, -0.1) is 0 Å². The van der Waals surface area contributed by atoms with Gasteiger partial charge in [-0.2, -0.15) is 0 Å². The zero-order valence-electron chi connectivity index (χ0n) is 16.9. The van der Waals surface area contributed by atoms with Crippen LogP contribution in [-0.4, -0.2) is 48.8 Å². The van der Waals surface area contributed by atoms with Gasteiger partial charge in [-0.25, -0.2) is 0 Å². The molecule has 0 aromatic heterocycles. The number of nitrogens with one attached hydrogen (secondary N) is 1. The highest BCUT2D eigenvalue weighted by molar-refractivity contribution is 6.01. The predicted octanol–water partition coefficient (Wildman–Crippen LogP) is 2.68. The minimum atomic E-state index is -0.362. The van der Waals surface area contributed by atoms with E-state index >= 15 is 0 Å². The highest BCUT2D eigenvalue weighted by Crippen LogP contribution is 2.33. The summed E-state index contributed by atoms with van der Waals surface area (Å²) < 4.78 is 0. The first-order chi connectivity index (χ1) is 13.5. The van der Waals surface area contributed by atoms with Crippen molar-refractivity contribution in [2.75, 3.05) is 31.1 Å². The number of carbonyl (C=O) groups excluding carboxylic acids is 3. The highest BCUT2D eigenvalue weighted by Gasteiger charge is 2.36. The number of hydrogen-bond donors (Lipinski definition) is 1. The number of anilines is 1. The fourth-order valence-electron chi connectivity index (χ4n) is 4.05. The maximum Gasteiger partial charge on any atom is 0.227 e. The van der Waals surface area contributed by atoms with Gasteiger partial charge in [-0.05, 0) is 36.8 Å². The van der Waals surface area contributed by atoms with Crippen molar-refractivity contribution < 1.29 is 14.4 Å². The van der Waals surface area contributed by atoms with E-state index in [-0.39, 0.29) is 30.1 Å². The summed E-state index contributed by atoms with van der Waals surface area (Å²) in [7, 11) is 0. The number of hydrogen-bond acceptors (Lipinski definition) is 3. The second-order valence-electron chi connectivity index (χ2n) is 7.90. The van der Waals surface area contributed by atoms with E-state index in [0.717, 1.165) is 43.6 Å². The highest BCUT2D eigenvalue weighted by atomic mass is 16.2. The minimum absolute atomic E-state index is 0.0101. The molecule has 2 saturated heterocycles. The van der Waals surface area contributed by atoms with Crippen LogP contribution in [0.2, 0.25) is 0 Å². The Morgan fingerprint density at radius 2 is 1.93 bits per heavy atom. The predicted molar refractivity (Wildman–Crippen MR) is 109 cm³/mol. The number of carbonyl (C=O) groups is 3. The number of para-hydroxylation sites is 1. The van der Waals surface area contributed by atoms with Gasteiger partial charge >= 0.3 is 0 Å². The van der Waals surface area contributed by atoms with Crippen molar-refractivity contribution in [2.45, 2.75) is 51.9 Å². The van der Waals surface area contributed by atoms with Crippen molar-refractivity contribution in [3.63, 3.8) is 0 Å². The van der Waals surface area contributed by atoms with Gasteiger partial charge in [-0.1, -0.05) is 32.0 Å². The van der Waals surface area contributed by atoms with E-state index in [9.17, 15) is 14.4 Å². The van der Waals surface area contributed by atoms with E-state index in [2.05, 4.69) is 25.2 Å². The molecule has 2 heterocycles. The van der Waals surface area contributed by atoms with Crippen LogP contribution in [0.5, 0.6) is 0 Å². The molecule has 152 valence electrons. The molecule has 28 heavy (non-hydrogen) atoms. The number of likely N-dealkylation sites (tertiary alicyclic amines) is 1. The molecule has 6 nitrogen and oxygen atoms in total. The van der Waals surface area contributed by atoms with Gasteiger partial charge in [-0.3, -0.25) is 14.4 Å². The van der Waals surface area contributed by atoms with E-state index in [4.69, 9.17) is 0 Å². The average Bonchev–Trinajstić information content (AvgIpc) is 3.37. The van der Waals surface area contributed by atoms with Crippen molar-refractivity contribution >= 4 is 23.4 Å². The van der Waals surface area contributed by atoms with Crippen molar-refractivity contribution in [2.24, 2.45) is 5.92 Å². The maximum absolute atomic E-state index is 12.6. The van der Waals surface area contributed by atoms with Gasteiger partial charge in [0.25, 0.3) is 0 Å². The summed E-state index contributed by atoms with van der Waals surface area (Å²) in [6.07, 6.45) is 3.67. The normalized spacial score (nSPS) is 20.5. The van der Waals surface area contributed by atoms with E-state index < -0.39 is 0 Å². The quantitative estimate of drug-likeness (QED) is 0.785. The van der Waals surface area contributed by atoms with Gasteiger partial charge in [0.2, 0.25) is 17.7 Å². The van der Waals surface area contributed by atoms with Gasteiger partial charge in [0.05, 0.1) is 5.92 Å². The zero-order valence-corrected chi connectivity index (χ0v) is 16.9. The summed E-state index contributed by atoms with van der Waals surface area (Å²) in [6, 6.07) is 7.96. The largest absolute Gasteiger partial charge is 0.355 e. The molecule has 3 amide bonds. The minimum Gasteiger partial charge on any atom is -0.355 e. The molecule has 2 aliphatic rings. The molecule has 1 aromatic carbocycles. The Balaban J connectivity index is 1.55. The second-order valence-corrected chi connectivity index (χ2v) is 7.90. The molecule has 0 aliphatic carbocycles. The molecule has 0 spiro atoms.